The first-order chi connectivity index (χ1) is 9.60. The third-order valence-electron chi connectivity index (χ3n) is 3.92. The van der Waals surface area contributed by atoms with Crippen molar-refractivity contribution in [2.45, 2.75) is 32.7 Å². The minimum Gasteiger partial charge on any atom is -0.484 e. The van der Waals surface area contributed by atoms with E-state index in [2.05, 4.69) is 6.92 Å². The van der Waals surface area contributed by atoms with Gasteiger partial charge in [-0.25, -0.2) is 0 Å². The molecule has 0 aliphatic carbocycles. The largest absolute Gasteiger partial charge is 0.484 e. The molecule has 2 unspecified atom stereocenters. The molecule has 5 heteroatoms. The molecule has 0 aromatic heterocycles. The van der Waals surface area contributed by atoms with Gasteiger partial charge in [-0.05, 0) is 43.4 Å². The minimum absolute atomic E-state index is 0. The summed E-state index contributed by atoms with van der Waals surface area (Å²) in [5, 5.41) is 0. The maximum absolute atomic E-state index is 12.3. The number of benzene rings is 1. The van der Waals surface area contributed by atoms with Crippen molar-refractivity contribution in [1.29, 1.82) is 0 Å². The van der Waals surface area contributed by atoms with Gasteiger partial charge in [-0.3, -0.25) is 4.79 Å². The van der Waals surface area contributed by atoms with E-state index in [4.69, 9.17) is 10.5 Å². The predicted molar refractivity (Wildman–Crippen MR) is 86.9 cm³/mol. The van der Waals surface area contributed by atoms with Gasteiger partial charge in [-0.2, -0.15) is 0 Å². The van der Waals surface area contributed by atoms with E-state index in [9.17, 15) is 4.79 Å². The lowest BCUT2D eigenvalue weighted by Crippen LogP contribution is -2.50. The quantitative estimate of drug-likeness (QED) is 0.928. The van der Waals surface area contributed by atoms with Crippen molar-refractivity contribution in [3.63, 3.8) is 0 Å². The van der Waals surface area contributed by atoms with Crippen LogP contribution in [0.3, 0.4) is 0 Å². The Labute approximate surface area is 133 Å². The number of hydrogen-bond donors (Lipinski definition) is 1. The van der Waals surface area contributed by atoms with E-state index in [1.807, 2.05) is 36.1 Å². The molecule has 1 aliphatic heterocycles. The molecular weight excluding hydrogens is 288 g/mol. The Morgan fingerprint density at radius 2 is 2.24 bits per heavy atom. The zero-order valence-electron chi connectivity index (χ0n) is 12.7. The fourth-order valence-electron chi connectivity index (χ4n) is 2.74. The average molecular weight is 313 g/mol. The number of halogens is 1. The number of carbonyl (C=O) groups is 1. The Morgan fingerprint density at radius 3 is 2.90 bits per heavy atom. The van der Waals surface area contributed by atoms with E-state index in [1.54, 1.807) is 0 Å². The molecule has 0 bridgehead atoms. The standard InChI is InChI=1S/C16H24N2O2.ClH/c1-12-4-3-5-15(9-12)20-11-16(19)18-7-6-13(2)8-14(18)10-17;/h3-5,9,13-14H,6-8,10-11,17H2,1-2H3;1H. The number of nitrogens with two attached hydrogens (primary N) is 1. The maximum Gasteiger partial charge on any atom is 0.260 e. The third-order valence-corrected chi connectivity index (χ3v) is 3.92. The lowest BCUT2D eigenvalue weighted by molar-refractivity contribution is -0.137. The van der Waals surface area contributed by atoms with Crippen molar-refractivity contribution in [1.82, 2.24) is 4.90 Å². The van der Waals surface area contributed by atoms with Crippen LogP contribution in [0.1, 0.15) is 25.3 Å². The lowest BCUT2D eigenvalue weighted by Gasteiger charge is -2.37. The first-order valence-electron chi connectivity index (χ1n) is 7.29. The summed E-state index contributed by atoms with van der Waals surface area (Å²) in [5.74, 6) is 1.42. The normalized spacial score (nSPS) is 21.6. The highest BCUT2D eigenvalue weighted by molar-refractivity contribution is 5.85. The number of carbonyl (C=O) groups excluding carboxylic acids is 1. The summed E-state index contributed by atoms with van der Waals surface area (Å²) in [6.45, 7) is 5.63. The van der Waals surface area contributed by atoms with Crippen LogP contribution in [0.2, 0.25) is 0 Å². The highest BCUT2D eigenvalue weighted by atomic mass is 35.5. The number of aryl methyl sites for hydroxylation is 1. The monoisotopic (exact) mass is 312 g/mol. The maximum atomic E-state index is 12.3. The second-order valence-corrected chi connectivity index (χ2v) is 5.71. The van der Waals surface area contributed by atoms with Crippen molar-refractivity contribution in [3.8, 4) is 5.75 Å². The smallest absolute Gasteiger partial charge is 0.260 e. The van der Waals surface area contributed by atoms with Crippen molar-refractivity contribution in [3.05, 3.63) is 29.8 Å². The van der Waals surface area contributed by atoms with Crippen molar-refractivity contribution < 1.29 is 9.53 Å². The molecule has 1 aliphatic rings. The molecule has 4 nitrogen and oxygen atoms in total. The third kappa shape index (κ3) is 4.90. The van der Waals surface area contributed by atoms with E-state index in [0.29, 0.717) is 12.5 Å². The van der Waals surface area contributed by atoms with Crippen molar-refractivity contribution >= 4 is 18.3 Å². The molecule has 0 saturated carbocycles. The molecule has 2 rings (SSSR count). The van der Waals surface area contributed by atoms with E-state index >= 15 is 0 Å². The van der Waals surface area contributed by atoms with Crippen LogP contribution >= 0.6 is 12.4 Å². The molecule has 1 fully saturated rings. The Morgan fingerprint density at radius 1 is 1.48 bits per heavy atom. The molecule has 1 aromatic rings. The minimum atomic E-state index is 0. The molecular formula is C16H25ClN2O2. The summed E-state index contributed by atoms with van der Waals surface area (Å²) in [7, 11) is 0. The number of rotatable bonds is 4. The summed E-state index contributed by atoms with van der Waals surface area (Å²) >= 11 is 0. The van der Waals surface area contributed by atoms with Crippen LogP contribution in [0.4, 0.5) is 0 Å². The van der Waals surface area contributed by atoms with Gasteiger partial charge in [0.25, 0.3) is 5.91 Å². The van der Waals surface area contributed by atoms with E-state index < -0.39 is 0 Å². The predicted octanol–water partition coefficient (Wildman–Crippen LogP) is 2.38. The number of likely N-dealkylation sites (tertiary alicyclic amines) is 1. The molecule has 2 N–H and O–H groups in total. The Balaban J connectivity index is 0.00000220. The summed E-state index contributed by atoms with van der Waals surface area (Å²) in [4.78, 5) is 14.2. The average Bonchev–Trinajstić information content (AvgIpc) is 2.44. The van der Waals surface area contributed by atoms with Crippen LogP contribution in [0, 0.1) is 12.8 Å². The van der Waals surface area contributed by atoms with Gasteiger partial charge in [0.15, 0.2) is 6.61 Å². The van der Waals surface area contributed by atoms with Gasteiger partial charge in [0.1, 0.15) is 5.75 Å². The van der Waals surface area contributed by atoms with Gasteiger partial charge in [0.2, 0.25) is 0 Å². The fourth-order valence-corrected chi connectivity index (χ4v) is 2.74. The van der Waals surface area contributed by atoms with E-state index in [1.165, 1.54) is 0 Å². The van der Waals surface area contributed by atoms with Crippen LogP contribution < -0.4 is 10.5 Å². The summed E-state index contributed by atoms with van der Waals surface area (Å²) < 4.78 is 5.59. The molecule has 118 valence electrons. The molecule has 0 spiro atoms. The molecule has 21 heavy (non-hydrogen) atoms. The van der Waals surface area contributed by atoms with Crippen LogP contribution in [0.5, 0.6) is 5.75 Å². The van der Waals surface area contributed by atoms with Gasteiger partial charge in [0.05, 0.1) is 0 Å². The highest BCUT2D eigenvalue weighted by Crippen LogP contribution is 2.22. The summed E-state index contributed by atoms with van der Waals surface area (Å²) in [5.41, 5.74) is 6.91. The Bertz CT molecular complexity index is 467. The van der Waals surface area contributed by atoms with E-state index in [0.717, 1.165) is 30.7 Å². The molecule has 1 amide bonds. The SMILES string of the molecule is Cc1cccc(OCC(=O)N2CCC(C)CC2CN)c1.Cl. The van der Waals surface area contributed by atoms with Crippen LogP contribution in [-0.2, 0) is 4.79 Å². The molecule has 2 atom stereocenters. The fraction of sp³-hybridized carbons (Fsp3) is 0.562. The first kappa shape index (κ1) is 17.8. The Kier molecular flexibility index (Phi) is 6.99. The first-order valence-corrected chi connectivity index (χ1v) is 7.29. The number of piperidine rings is 1. The summed E-state index contributed by atoms with van der Waals surface area (Å²) in [6, 6.07) is 7.91. The molecule has 1 heterocycles. The zero-order chi connectivity index (χ0) is 14.5. The van der Waals surface area contributed by atoms with E-state index in [-0.39, 0.29) is 31.0 Å². The van der Waals surface area contributed by atoms with Crippen LogP contribution in [0.15, 0.2) is 24.3 Å². The van der Waals surface area contributed by atoms with Crippen molar-refractivity contribution in [2.75, 3.05) is 19.7 Å². The number of amides is 1. The summed E-state index contributed by atoms with van der Waals surface area (Å²) in [6.07, 6.45) is 2.04. The second-order valence-electron chi connectivity index (χ2n) is 5.71. The van der Waals surface area contributed by atoms with Gasteiger partial charge in [0, 0.05) is 19.1 Å². The van der Waals surface area contributed by atoms with Gasteiger partial charge in [-0.1, -0.05) is 19.1 Å². The topological polar surface area (TPSA) is 55.6 Å². The molecule has 0 radical (unpaired) electrons. The van der Waals surface area contributed by atoms with Gasteiger partial charge in [-0.15, -0.1) is 12.4 Å². The highest BCUT2D eigenvalue weighted by Gasteiger charge is 2.28. The Hall–Kier alpha value is -1.26. The lowest BCUT2D eigenvalue weighted by atomic mass is 9.92. The molecule has 1 aromatic carbocycles. The van der Waals surface area contributed by atoms with Crippen LogP contribution in [-0.4, -0.2) is 36.5 Å². The number of hydrogen-bond acceptors (Lipinski definition) is 3. The number of ether oxygens (including phenoxy) is 1. The second kappa shape index (κ2) is 8.25. The van der Waals surface area contributed by atoms with Gasteiger partial charge >= 0.3 is 0 Å². The molecule has 1 saturated heterocycles. The van der Waals surface area contributed by atoms with Gasteiger partial charge < -0.3 is 15.4 Å². The number of nitrogens with zero attached hydrogens (tertiary/aromatic N) is 1. The van der Waals surface area contributed by atoms with Crippen LogP contribution in [0.25, 0.3) is 0 Å². The van der Waals surface area contributed by atoms with Crippen molar-refractivity contribution in [2.24, 2.45) is 11.7 Å². The zero-order valence-corrected chi connectivity index (χ0v) is 13.6.